The molecule has 1 aromatic heterocycles. The second-order valence-corrected chi connectivity index (χ2v) is 6.82. The number of pyridine rings is 1. The van der Waals surface area contributed by atoms with Gasteiger partial charge in [0.25, 0.3) is 5.91 Å². The van der Waals surface area contributed by atoms with Crippen LogP contribution in [0.5, 0.6) is 0 Å². The predicted octanol–water partition coefficient (Wildman–Crippen LogP) is 4.87. The third-order valence-corrected chi connectivity index (χ3v) is 4.99. The SMILES string of the molecule is CCCN1Cc2nc3c(-c4ccccc4C(F)(F)F)cccc3c(N)c2C1=O. The molecular weight excluding hydrogens is 367 g/mol. The average molecular weight is 385 g/mol. The molecule has 7 heteroatoms. The van der Waals surface area contributed by atoms with Gasteiger partial charge in [-0.25, -0.2) is 4.98 Å². The van der Waals surface area contributed by atoms with E-state index in [0.29, 0.717) is 40.8 Å². The van der Waals surface area contributed by atoms with E-state index in [1.807, 2.05) is 6.92 Å². The summed E-state index contributed by atoms with van der Waals surface area (Å²) in [5, 5.41) is 0.486. The number of alkyl halides is 3. The summed E-state index contributed by atoms with van der Waals surface area (Å²) in [7, 11) is 0. The maximum atomic E-state index is 13.5. The summed E-state index contributed by atoms with van der Waals surface area (Å²) in [6, 6.07) is 10.3. The van der Waals surface area contributed by atoms with Gasteiger partial charge in [-0.15, -0.1) is 0 Å². The lowest BCUT2D eigenvalue weighted by molar-refractivity contribution is -0.137. The molecule has 0 saturated carbocycles. The van der Waals surface area contributed by atoms with E-state index in [1.54, 1.807) is 29.2 Å². The molecule has 1 aliphatic heterocycles. The number of para-hydroxylation sites is 1. The molecule has 144 valence electrons. The van der Waals surface area contributed by atoms with Crippen LogP contribution in [0.2, 0.25) is 0 Å². The number of hydrogen-bond donors (Lipinski definition) is 1. The Labute approximate surface area is 159 Å². The van der Waals surface area contributed by atoms with Gasteiger partial charge in [-0.3, -0.25) is 4.79 Å². The number of carbonyl (C=O) groups is 1. The van der Waals surface area contributed by atoms with Crippen molar-refractivity contribution in [3.63, 3.8) is 0 Å². The number of hydrogen-bond acceptors (Lipinski definition) is 3. The van der Waals surface area contributed by atoms with Crippen molar-refractivity contribution >= 4 is 22.5 Å². The molecule has 0 aliphatic carbocycles. The first-order valence-electron chi connectivity index (χ1n) is 9.00. The largest absolute Gasteiger partial charge is 0.417 e. The first-order valence-corrected chi connectivity index (χ1v) is 9.00. The Balaban J connectivity index is 1.97. The first kappa shape index (κ1) is 18.3. The summed E-state index contributed by atoms with van der Waals surface area (Å²) in [6.45, 7) is 2.86. The molecule has 0 bridgehead atoms. The zero-order valence-electron chi connectivity index (χ0n) is 15.2. The van der Waals surface area contributed by atoms with Crippen LogP contribution in [0.4, 0.5) is 18.9 Å². The van der Waals surface area contributed by atoms with Crippen LogP contribution in [0, 0.1) is 0 Å². The topological polar surface area (TPSA) is 59.2 Å². The second-order valence-electron chi connectivity index (χ2n) is 6.82. The highest BCUT2D eigenvalue weighted by Gasteiger charge is 2.35. The van der Waals surface area contributed by atoms with E-state index < -0.39 is 11.7 Å². The summed E-state index contributed by atoms with van der Waals surface area (Å²) in [6.07, 6.45) is -3.70. The molecule has 1 amide bonds. The lowest BCUT2D eigenvalue weighted by atomic mass is 9.95. The summed E-state index contributed by atoms with van der Waals surface area (Å²) >= 11 is 0. The highest BCUT2D eigenvalue weighted by molar-refractivity contribution is 6.11. The average Bonchev–Trinajstić information content (AvgIpc) is 2.97. The zero-order chi connectivity index (χ0) is 20.1. The number of aromatic nitrogens is 1. The van der Waals surface area contributed by atoms with Crippen LogP contribution < -0.4 is 5.73 Å². The molecule has 3 aromatic rings. The van der Waals surface area contributed by atoms with E-state index in [4.69, 9.17) is 5.73 Å². The van der Waals surface area contributed by atoms with Crippen LogP contribution in [0.3, 0.4) is 0 Å². The van der Waals surface area contributed by atoms with Crippen molar-refractivity contribution in [1.29, 1.82) is 0 Å². The van der Waals surface area contributed by atoms with Gasteiger partial charge in [0.2, 0.25) is 0 Å². The smallest absolute Gasteiger partial charge is 0.397 e. The van der Waals surface area contributed by atoms with Crippen molar-refractivity contribution in [2.75, 3.05) is 12.3 Å². The number of fused-ring (bicyclic) bond motifs is 2. The number of rotatable bonds is 3. The molecule has 0 spiro atoms. The number of benzene rings is 2. The van der Waals surface area contributed by atoms with Crippen LogP contribution in [0.15, 0.2) is 42.5 Å². The molecule has 2 heterocycles. The highest BCUT2D eigenvalue weighted by Crippen LogP contribution is 2.41. The molecule has 4 nitrogen and oxygen atoms in total. The van der Waals surface area contributed by atoms with Gasteiger partial charge in [-0.2, -0.15) is 13.2 Å². The number of anilines is 1. The van der Waals surface area contributed by atoms with E-state index in [0.717, 1.165) is 12.5 Å². The minimum absolute atomic E-state index is 0.0437. The van der Waals surface area contributed by atoms with E-state index in [-0.39, 0.29) is 17.2 Å². The fourth-order valence-electron chi connectivity index (χ4n) is 3.76. The van der Waals surface area contributed by atoms with Crippen molar-refractivity contribution in [2.45, 2.75) is 26.1 Å². The quantitative estimate of drug-likeness (QED) is 0.700. The summed E-state index contributed by atoms with van der Waals surface area (Å²) in [5.41, 5.74) is 7.47. The molecule has 2 aromatic carbocycles. The Morgan fingerprint density at radius 1 is 1.11 bits per heavy atom. The maximum Gasteiger partial charge on any atom is 0.417 e. The summed E-state index contributed by atoms with van der Waals surface area (Å²) < 4.78 is 40.6. The summed E-state index contributed by atoms with van der Waals surface area (Å²) in [5.74, 6) is -0.176. The Kier molecular flexibility index (Phi) is 4.25. The number of carbonyl (C=O) groups excluding carboxylic acids is 1. The Bertz CT molecular complexity index is 1090. The van der Waals surface area contributed by atoms with E-state index >= 15 is 0 Å². The lowest BCUT2D eigenvalue weighted by Gasteiger charge is -2.15. The molecule has 0 fully saturated rings. The molecule has 0 atom stereocenters. The number of halogens is 3. The van der Waals surface area contributed by atoms with Crippen molar-refractivity contribution in [2.24, 2.45) is 0 Å². The molecular formula is C21H18F3N3O. The molecule has 28 heavy (non-hydrogen) atoms. The van der Waals surface area contributed by atoms with Gasteiger partial charge in [-0.1, -0.05) is 43.3 Å². The third kappa shape index (κ3) is 2.78. The van der Waals surface area contributed by atoms with Crippen LogP contribution in [-0.4, -0.2) is 22.3 Å². The standard InChI is InChI=1S/C21H18F3N3O/c1-2-10-27-11-16-17(20(27)28)18(25)14-8-5-7-13(19(14)26-16)12-6-3-4-9-15(12)21(22,23)24/h3-9H,2,10-11H2,1H3,(H2,25,26). The van der Waals surface area contributed by atoms with Gasteiger partial charge in [0.05, 0.1) is 34.6 Å². The fraction of sp³-hybridized carbons (Fsp3) is 0.238. The van der Waals surface area contributed by atoms with Crippen LogP contribution in [-0.2, 0) is 12.7 Å². The molecule has 0 radical (unpaired) electrons. The predicted molar refractivity (Wildman–Crippen MR) is 102 cm³/mol. The number of amides is 1. The first-order chi connectivity index (χ1) is 13.3. The molecule has 0 unspecified atom stereocenters. The fourth-order valence-corrected chi connectivity index (χ4v) is 3.76. The molecule has 0 saturated heterocycles. The van der Waals surface area contributed by atoms with Gasteiger partial charge in [-0.05, 0) is 18.1 Å². The van der Waals surface area contributed by atoms with Crippen LogP contribution in [0.1, 0.15) is 35.0 Å². The maximum absolute atomic E-state index is 13.5. The van der Waals surface area contributed by atoms with Crippen molar-refractivity contribution in [1.82, 2.24) is 9.88 Å². The molecule has 4 rings (SSSR count). The number of nitrogens with two attached hydrogens (primary N) is 1. The normalized spacial score (nSPS) is 14.0. The van der Waals surface area contributed by atoms with E-state index in [2.05, 4.69) is 4.98 Å². The van der Waals surface area contributed by atoms with Crippen molar-refractivity contribution in [3.05, 3.63) is 59.3 Å². The van der Waals surface area contributed by atoms with Crippen molar-refractivity contribution in [3.8, 4) is 11.1 Å². The second kappa shape index (κ2) is 6.51. The van der Waals surface area contributed by atoms with E-state index in [1.165, 1.54) is 12.1 Å². The lowest BCUT2D eigenvalue weighted by Crippen LogP contribution is -2.24. The van der Waals surface area contributed by atoms with Gasteiger partial charge < -0.3 is 10.6 Å². The number of nitrogen functional groups attached to an aromatic ring is 1. The van der Waals surface area contributed by atoms with Gasteiger partial charge in [0, 0.05) is 17.5 Å². The molecule has 1 aliphatic rings. The van der Waals surface area contributed by atoms with Gasteiger partial charge >= 0.3 is 6.18 Å². The minimum atomic E-state index is -4.49. The van der Waals surface area contributed by atoms with Crippen molar-refractivity contribution < 1.29 is 18.0 Å². The molecule has 2 N–H and O–H groups in total. The minimum Gasteiger partial charge on any atom is -0.397 e. The zero-order valence-corrected chi connectivity index (χ0v) is 15.2. The van der Waals surface area contributed by atoms with Crippen LogP contribution >= 0.6 is 0 Å². The van der Waals surface area contributed by atoms with Gasteiger partial charge in [0.1, 0.15) is 0 Å². The third-order valence-electron chi connectivity index (χ3n) is 4.99. The monoisotopic (exact) mass is 385 g/mol. The Morgan fingerprint density at radius 2 is 1.82 bits per heavy atom. The Morgan fingerprint density at radius 3 is 2.54 bits per heavy atom. The van der Waals surface area contributed by atoms with E-state index in [9.17, 15) is 18.0 Å². The number of nitrogens with zero attached hydrogens (tertiary/aromatic N) is 2. The Hall–Kier alpha value is -3.09. The van der Waals surface area contributed by atoms with Gasteiger partial charge in [0.15, 0.2) is 0 Å². The van der Waals surface area contributed by atoms with Crippen LogP contribution in [0.25, 0.3) is 22.0 Å². The summed E-state index contributed by atoms with van der Waals surface area (Å²) in [4.78, 5) is 18.9. The highest BCUT2D eigenvalue weighted by atomic mass is 19.4.